The Morgan fingerprint density at radius 1 is 1.33 bits per heavy atom. The fraction of sp³-hybridized carbons (Fsp3) is 0.200. The van der Waals surface area contributed by atoms with Gasteiger partial charge in [-0.25, -0.2) is 0 Å². The van der Waals surface area contributed by atoms with Crippen LogP contribution in [0.15, 0.2) is 30.9 Å². The summed E-state index contributed by atoms with van der Waals surface area (Å²) in [6, 6.07) is 3.60. The van der Waals surface area contributed by atoms with Gasteiger partial charge in [0.1, 0.15) is 17.3 Å². The Balaban J connectivity index is 1.75. The minimum atomic E-state index is 0.386. The molecule has 0 aromatic carbocycles. The van der Waals surface area contributed by atoms with Crippen LogP contribution in [0.4, 0.5) is 5.82 Å². The Morgan fingerprint density at radius 2 is 2.28 bits per heavy atom. The van der Waals surface area contributed by atoms with Gasteiger partial charge in [0.25, 0.3) is 5.78 Å². The Kier molecular flexibility index (Phi) is 2.81. The molecule has 3 heterocycles. The van der Waals surface area contributed by atoms with Crippen LogP contribution in [0.3, 0.4) is 0 Å². The second-order valence-corrected chi connectivity index (χ2v) is 4.02. The lowest BCUT2D eigenvalue weighted by Crippen LogP contribution is -2.13. The third kappa shape index (κ3) is 2.12. The summed E-state index contributed by atoms with van der Waals surface area (Å²) in [5.74, 6) is 1.23. The molecule has 0 radical (unpaired) electrons. The van der Waals surface area contributed by atoms with E-state index >= 15 is 0 Å². The molecule has 0 atom stereocenters. The van der Waals surface area contributed by atoms with Gasteiger partial charge in [0.15, 0.2) is 0 Å². The second kappa shape index (κ2) is 4.61. The van der Waals surface area contributed by atoms with Crippen LogP contribution >= 0.6 is 11.6 Å². The van der Waals surface area contributed by atoms with Crippen molar-refractivity contribution in [3.8, 4) is 0 Å². The highest BCUT2D eigenvalue weighted by Gasteiger charge is 2.05. The monoisotopic (exact) mass is 263 g/mol. The lowest BCUT2D eigenvalue weighted by molar-refractivity contribution is 0.636. The van der Waals surface area contributed by atoms with Gasteiger partial charge in [0.05, 0.1) is 6.54 Å². The first-order valence-corrected chi connectivity index (χ1v) is 5.78. The molecule has 0 saturated heterocycles. The van der Waals surface area contributed by atoms with Crippen LogP contribution in [0.1, 0.15) is 0 Å². The van der Waals surface area contributed by atoms with E-state index in [0.29, 0.717) is 17.5 Å². The topological polar surface area (TPSA) is 72.9 Å². The standard InChI is InChI=1S/C10H10ClN7/c11-8-6-9(18-10(16-8)13-7-15-18)12-3-5-17-4-1-2-14-17/h1-2,4,6-7,12H,3,5H2. The number of rotatable bonds is 4. The Hall–Kier alpha value is -2.15. The van der Waals surface area contributed by atoms with Crippen LogP contribution in [0.2, 0.25) is 5.15 Å². The average Bonchev–Trinajstić information content (AvgIpc) is 2.98. The molecule has 0 amide bonds. The van der Waals surface area contributed by atoms with Crippen LogP contribution < -0.4 is 5.32 Å². The summed E-state index contributed by atoms with van der Waals surface area (Å²) in [6.45, 7) is 1.46. The molecule has 0 saturated carbocycles. The average molecular weight is 264 g/mol. The fourth-order valence-corrected chi connectivity index (χ4v) is 1.82. The summed E-state index contributed by atoms with van der Waals surface area (Å²) < 4.78 is 3.45. The van der Waals surface area contributed by atoms with Gasteiger partial charge in [-0.1, -0.05) is 11.6 Å². The number of anilines is 1. The normalized spacial score (nSPS) is 10.9. The highest BCUT2D eigenvalue weighted by Crippen LogP contribution is 2.13. The summed E-state index contributed by atoms with van der Waals surface area (Å²) in [5.41, 5.74) is 0. The van der Waals surface area contributed by atoms with Crippen LogP contribution in [0.5, 0.6) is 0 Å². The molecule has 92 valence electrons. The summed E-state index contributed by atoms with van der Waals surface area (Å²) >= 11 is 5.91. The number of nitrogens with one attached hydrogen (secondary N) is 1. The van der Waals surface area contributed by atoms with E-state index in [-0.39, 0.29) is 0 Å². The lowest BCUT2D eigenvalue weighted by atomic mass is 10.5. The summed E-state index contributed by atoms with van der Waals surface area (Å²) in [6.07, 6.45) is 5.10. The number of hydrogen-bond acceptors (Lipinski definition) is 5. The first-order chi connectivity index (χ1) is 8.83. The van der Waals surface area contributed by atoms with Crippen molar-refractivity contribution in [1.82, 2.24) is 29.4 Å². The number of hydrogen-bond donors (Lipinski definition) is 1. The van der Waals surface area contributed by atoms with E-state index in [9.17, 15) is 0 Å². The van der Waals surface area contributed by atoms with Gasteiger partial charge in [0.2, 0.25) is 0 Å². The molecule has 0 bridgehead atoms. The molecule has 0 fully saturated rings. The maximum Gasteiger partial charge on any atom is 0.255 e. The zero-order valence-electron chi connectivity index (χ0n) is 9.36. The first kappa shape index (κ1) is 11.0. The second-order valence-electron chi connectivity index (χ2n) is 3.63. The maximum absolute atomic E-state index is 5.91. The number of aromatic nitrogens is 6. The van der Waals surface area contributed by atoms with E-state index < -0.39 is 0 Å². The molecule has 18 heavy (non-hydrogen) atoms. The van der Waals surface area contributed by atoms with Gasteiger partial charge in [-0.15, -0.1) is 0 Å². The Labute approximate surface area is 107 Å². The van der Waals surface area contributed by atoms with Gasteiger partial charge in [-0.3, -0.25) is 4.68 Å². The van der Waals surface area contributed by atoms with Crippen LogP contribution in [-0.4, -0.2) is 35.9 Å². The highest BCUT2D eigenvalue weighted by molar-refractivity contribution is 6.29. The third-order valence-electron chi connectivity index (χ3n) is 2.43. The molecule has 3 rings (SSSR count). The minimum absolute atomic E-state index is 0.386. The fourth-order valence-electron chi connectivity index (χ4n) is 1.64. The predicted molar refractivity (Wildman–Crippen MR) is 66.5 cm³/mol. The SMILES string of the molecule is Clc1cc(NCCn2cccn2)n2ncnc2n1. The van der Waals surface area contributed by atoms with Crippen molar-refractivity contribution >= 4 is 23.2 Å². The summed E-state index contributed by atoms with van der Waals surface area (Å²) in [5, 5.41) is 11.8. The van der Waals surface area contributed by atoms with Crippen LogP contribution in [0, 0.1) is 0 Å². The molecule has 7 nitrogen and oxygen atoms in total. The van der Waals surface area contributed by atoms with Gasteiger partial charge < -0.3 is 5.32 Å². The zero-order valence-corrected chi connectivity index (χ0v) is 10.1. The molecule has 8 heteroatoms. The van der Waals surface area contributed by atoms with Crippen molar-refractivity contribution in [2.45, 2.75) is 6.54 Å². The maximum atomic E-state index is 5.91. The van der Waals surface area contributed by atoms with Gasteiger partial charge in [-0.2, -0.15) is 24.7 Å². The Morgan fingerprint density at radius 3 is 3.11 bits per heavy atom. The molecule has 0 aliphatic carbocycles. The summed E-state index contributed by atoms with van der Waals surface area (Å²) in [4.78, 5) is 8.05. The summed E-state index contributed by atoms with van der Waals surface area (Å²) in [7, 11) is 0. The van der Waals surface area contributed by atoms with E-state index in [0.717, 1.165) is 12.4 Å². The zero-order chi connectivity index (χ0) is 12.4. The molecule has 0 aliphatic rings. The minimum Gasteiger partial charge on any atom is -0.368 e. The van der Waals surface area contributed by atoms with E-state index in [1.54, 1.807) is 16.8 Å². The molecule has 3 aromatic heterocycles. The smallest absolute Gasteiger partial charge is 0.255 e. The molecule has 0 unspecified atom stereocenters. The molecule has 1 N–H and O–H groups in total. The van der Waals surface area contributed by atoms with E-state index in [1.807, 2.05) is 16.9 Å². The van der Waals surface area contributed by atoms with Gasteiger partial charge >= 0.3 is 0 Å². The number of halogens is 1. The quantitative estimate of drug-likeness (QED) is 0.713. The van der Waals surface area contributed by atoms with Crippen molar-refractivity contribution < 1.29 is 0 Å². The lowest BCUT2D eigenvalue weighted by Gasteiger charge is -2.08. The van der Waals surface area contributed by atoms with Crippen molar-refractivity contribution in [2.75, 3.05) is 11.9 Å². The molecular formula is C10H10ClN7. The van der Waals surface area contributed by atoms with Crippen LogP contribution in [-0.2, 0) is 6.54 Å². The Bertz CT molecular complexity index is 645. The molecule has 0 spiro atoms. The third-order valence-corrected chi connectivity index (χ3v) is 2.62. The first-order valence-electron chi connectivity index (χ1n) is 5.40. The predicted octanol–water partition coefficient (Wildman–Crippen LogP) is 1.09. The number of fused-ring (bicyclic) bond motifs is 1. The van der Waals surface area contributed by atoms with E-state index in [2.05, 4.69) is 25.5 Å². The van der Waals surface area contributed by atoms with E-state index in [4.69, 9.17) is 11.6 Å². The van der Waals surface area contributed by atoms with Crippen LogP contribution in [0.25, 0.3) is 5.78 Å². The van der Waals surface area contributed by atoms with Crippen molar-refractivity contribution in [3.63, 3.8) is 0 Å². The van der Waals surface area contributed by atoms with Crippen molar-refractivity contribution in [3.05, 3.63) is 36.0 Å². The highest BCUT2D eigenvalue weighted by atomic mass is 35.5. The molecule has 3 aromatic rings. The van der Waals surface area contributed by atoms with Gasteiger partial charge in [-0.05, 0) is 6.07 Å². The van der Waals surface area contributed by atoms with Crippen molar-refractivity contribution in [2.24, 2.45) is 0 Å². The molecule has 0 aliphatic heterocycles. The largest absolute Gasteiger partial charge is 0.368 e. The number of nitrogens with zero attached hydrogens (tertiary/aromatic N) is 6. The van der Waals surface area contributed by atoms with E-state index in [1.165, 1.54) is 6.33 Å². The van der Waals surface area contributed by atoms with Crippen molar-refractivity contribution in [1.29, 1.82) is 0 Å². The molecular weight excluding hydrogens is 254 g/mol. The van der Waals surface area contributed by atoms with Gasteiger partial charge in [0, 0.05) is 25.0 Å².